The van der Waals surface area contributed by atoms with E-state index in [4.69, 9.17) is 4.74 Å². The fraction of sp³-hybridized carbons (Fsp3) is 0.588. The van der Waals surface area contributed by atoms with E-state index in [0.717, 1.165) is 36.7 Å². The summed E-state index contributed by atoms with van der Waals surface area (Å²) in [5.74, 6) is -0.0718. The number of amides is 1. The Kier molecular flexibility index (Phi) is 5.01. The van der Waals surface area contributed by atoms with Crippen molar-refractivity contribution in [3.05, 3.63) is 28.5 Å². The standard InChI is InChI=1S/C17H24N4O2S/c1-17(2,3)16-20-12(11-24-16)7-15(22)19-13-8-18-21(9-13)10-14-5-4-6-23-14/h8-9,11,14H,4-7,10H2,1-3H3,(H,19,22). The van der Waals surface area contributed by atoms with Crippen LogP contribution in [0.2, 0.25) is 0 Å². The first kappa shape index (κ1) is 17.1. The summed E-state index contributed by atoms with van der Waals surface area (Å²) in [7, 11) is 0. The highest BCUT2D eigenvalue weighted by Gasteiger charge is 2.19. The zero-order valence-corrected chi connectivity index (χ0v) is 15.2. The van der Waals surface area contributed by atoms with Gasteiger partial charge in [-0.25, -0.2) is 4.98 Å². The Balaban J connectivity index is 1.53. The highest BCUT2D eigenvalue weighted by molar-refractivity contribution is 7.09. The molecule has 0 spiro atoms. The van der Waals surface area contributed by atoms with Crippen LogP contribution < -0.4 is 5.32 Å². The molecule has 3 rings (SSSR count). The monoisotopic (exact) mass is 348 g/mol. The van der Waals surface area contributed by atoms with Crippen molar-refractivity contribution >= 4 is 22.9 Å². The van der Waals surface area contributed by atoms with E-state index in [0.29, 0.717) is 5.69 Å². The lowest BCUT2D eigenvalue weighted by atomic mass is 9.98. The summed E-state index contributed by atoms with van der Waals surface area (Å²) in [4.78, 5) is 16.7. The maximum atomic E-state index is 12.2. The summed E-state index contributed by atoms with van der Waals surface area (Å²) in [5.41, 5.74) is 1.54. The van der Waals surface area contributed by atoms with Crippen LogP contribution >= 0.6 is 11.3 Å². The number of carbonyl (C=O) groups is 1. The highest BCUT2D eigenvalue weighted by atomic mass is 32.1. The molecular formula is C17H24N4O2S. The molecule has 0 saturated carbocycles. The maximum Gasteiger partial charge on any atom is 0.230 e. The van der Waals surface area contributed by atoms with Crippen LogP contribution in [0.4, 0.5) is 5.69 Å². The van der Waals surface area contributed by atoms with Crippen LogP contribution in [0, 0.1) is 0 Å². The van der Waals surface area contributed by atoms with Gasteiger partial charge < -0.3 is 10.1 Å². The topological polar surface area (TPSA) is 69.0 Å². The zero-order valence-electron chi connectivity index (χ0n) is 14.4. The summed E-state index contributed by atoms with van der Waals surface area (Å²) in [6.45, 7) is 7.94. The van der Waals surface area contributed by atoms with Crippen molar-refractivity contribution in [3.63, 3.8) is 0 Å². The summed E-state index contributed by atoms with van der Waals surface area (Å²) in [5, 5.41) is 10.2. The highest BCUT2D eigenvalue weighted by Crippen LogP contribution is 2.25. The quantitative estimate of drug-likeness (QED) is 0.902. The third kappa shape index (κ3) is 4.42. The lowest BCUT2D eigenvalue weighted by Crippen LogP contribution is -2.16. The van der Waals surface area contributed by atoms with E-state index in [1.54, 1.807) is 17.5 Å². The van der Waals surface area contributed by atoms with Gasteiger partial charge >= 0.3 is 0 Å². The SMILES string of the molecule is CC(C)(C)c1nc(CC(=O)Nc2cnn(CC3CCCO3)c2)cs1. The molecular weight excluding hydrogens is 324 g/mol. The van der Waals surface area contributed by atoms with Crippen LogP contribution in [0.3, 0.4) is 0 Å². The van der Waals surface area contributed by atoms with E-state index in [-0.39, 0.29) is 23.8 Å². The molecule has 6 nitrogen and oxygen atoms in total. The molecule has 0 bridgehead atoms. The number of aromatic nitrogens is 3. The number of nitrogens with zero attached hydrogens (tertiary/aromatic N) is 3. The molecule has 1 atom stereocenters. The molecule has 130 valence electrons. The number of hydrogen-bond acceptors (Lipinski definition) is 5. The van der Waals surface area contributed by atoms with E-state index in [1.165, 1.54) is 0 Å². The van der Waals surface area contributed by atoms with Gasteiger partial charge in [-0.15, -0.1) is 11.3 Å². The lowest BCUT2D eigenvalue weighted by molar-refractivity contribution is -0.115. The van der Waals surface area contributed by atoms with Gasteiger partial charge in [-0.05, 0) is 12.8 Å². The summed E-state index contributed by atoms with van der Waals surface area (Å²) in [6.07, 6.45) is 6.22. The van der Waals surface area contributed by atoms with Gasteiger partial charge in [-0.1, -0.05) is 20.8 Å². The van der Waals surface area contributed by atoms with Crippen LogP contribution in [-0.4, -0.2) is 33.4 Å². The van der Waals surface area contributed by atoms with Gasteiger partial charge in [-0.2, -0.15) is 5.10 Å². The van der Waals surface area contributed by atoms with Crippen molar-refractivity contribution in [2.45, 2.75) is 58.1 Å². The predicted molar refractivity (Wildman–Crippen MR) is 94.3 cm³/mol. The average molecular weight is 348 g/mol. The molecule has 1 N–H and O–H groups in total. The van der Waals surface area contributed by atoms with Crippen molar-refractivity contribution in [1.29, 1.82) is 0 Å². The lowest BCUT2D eigenvalue weighted by Gasteiger charge is -2.13. The molecule has 1 aliphatic rings. The fourth-order valence-electron chi connectivity index (χ4n) is 2.63. The molecule has 2 aromatic rings. The van der Waals surface area contributed by atoms with Crippen molar-refractivity contribution in [3.8, 4) is 0 Å². The van der Waals surface area contributed by atoms with Gasteiger partial charge in [-0.3, -0.25) is 9.48 Å². The van der Waals surface area contributed by atoms with Crippen molar-refractivity contribution in [2.24, 2.45) is 0 Å². The van der Waals surface area contributed by atoms with Gasteiger partial charge in [0.25, 0.3) is 0 Å². The third-order valence-electron chi connectivity index (χ3n) is 3.87. The molecule has 0 radical (unpaired) electrons. The molecule has 3 heterocycles. The van der Waals surface area contributed by atoms with Crippen molar-refractivity contribution < 1.29 is 9.53 Å². The van der Waals surface area contributed by atoms with E-state index in [9.17, 15) is 4.79 Å². The Morgan fingerprint density at radius 1 is 1.50 bits per heavy atom. The van der Waals surface area contributed by atoms with Gasteiger partial charge in [0, 0.05) is 23.6 Å². The van der Waals surface area contributed by atoms with E-state index >= 15 is 0 Å². The molecule has 2 aromatic heterocycles. The number of carbonyl (C=O) groups excluding carboxylic acids is 1. The van der Waals surface area contributed by atoms with Gasteiger partial charge in [0.15, 0.2) is 0 Å². The molecule has 7 heteroatoms. The Morgan fingerprint density at radius 3 is 3.00 bits per heavy atom. The smallest absolute Gasteiger partial charge is 0.230 e. The number of nitrogens with one attached hydrogen (secondary N) is 1. The second kappa shape index (κ2) is 7.03. The molecule has 1 aliphatic heterocycles. The minimum Gasteiger partial charge on any atom is -0.376 e. The Hall–Kier alpha value is -1.73. The summed E-state index contributed by atoms with van der Waals surface area (Å²) < 4.78 is 7.43. The molecule has 1 amide bonds. The number of rotatable bonds is 5. The van der Waals surface area contributed by atoms with Crippen molar-refractivity contribution in [2.75, 3.05) is 11.9 Å². The van der Waals surface area contributed by atoms with Crippen LogP contribution in [0.1, 0.15) is 44.3 Å². The maximum absolute atomic E-state index is 12.2. The fourth-order valence-corrected chi connectivity index (χ4v) is 3.53. The Labute approximate surface area is 146 Å². The van der Waals surface area contributed by atoms with Crippen LogP contribution in [0.15, 0.2) is 17.8 Å². The zero-order chi connectivity index (χ0) is 17.2. The van der Waals surface area contributed by atoms with Gasteiger partial charge in [0.2, 0.25) is 5.91 Å². The van der Waals surface area contributed by atoms with Crippen LogP contribution in [0.5, 0.6) is 0 Å². The molecule has 1 fully saturated rings. The Morgan fingerprint density at radius 2 is 2.33 bits per heavy atom. The third-order valence-corrected chi connectivity index (χ3v) is 5.18. The number of anilines is 1. The first-order valence-electron chi connectivity index (χ1n) is 8.29. The average Bonchev–Trinajstić information content (AvgIpc) is 3.20. The summed E-state index contributed by atoms with van der Waals surface area (Å²) >= 11 is 1.61. The number of hydrogen-bond donors (Lipinski definition) is 1. The largest absolute Gasteiger partial charge is 0.376 e. The molecule has 0 aliphatic carbocycles. The minimum absolute atomic E-state index is 0.0167. The first-order valence-corrected chi connectivity index (χ1v) is 9.17. The van der Waals surface area contributed by atoms with Gasteiger partial charge in [0.1, 0.15) is 0 Å². The van der Waals surface area contributed by atoms with Crippen molar-refractivity contribution in [1.82, 2.24) is 14.8 Å². The second-order valence-corrected chi connectivity index (χ2v) is 8.06. The first-order chi connectivity index (χ1) is 11.4. The Bertz CT molecular complexity index is 696. The van der Waals surface area contributed by atoms with E-state index in [2.05, 4.69) is 36.2 Å². The van der Waals surface area contributed by atoms with E-state index in [1.807, 2.05) is 16.3 Å². The molecule has 0 aromatic carbocycles. The molecule has 1 unspecified atom stereocenters. The number of thiazole rings is 1. The minimum atomic E-state index is -0.0718. The van der Waals surface area contributed by atoms with Crippen LogP contribution in [0.25, 0.3) is 0 Å². The second-order valence-electron chi connectivity index (χ2n) is 7.21. The summed E-state index contributed by atoms with van der Waals surface area (Å²) in [6, 6.07) is 0. The molecule has 1 saturated heterocycles. The van der Waals surface area contributed by atoms with Gasteiger partial charge in [0.05, 0.1) is 41.7 Å². The van der Waals surface area contributed by atoms with E-state index < -0.39 is 0 Å². The normalized spacial score (nSPS) is 18.0. The van der Waals surface area contributed by atoms with Crippen LogP contribution in [-0.2, 0) is 27.9 Å². The number of ether oxygens (including phenoxy) is 1. The molecule has 24 heavy (non-hydrogen) atoms. The predicted octanol–water partition coefficient (Wildman–Crippen LogP) is 3.00.